The van der Waals surface area contributed by atoms with Crippen molar-refractivity contribution in [3.63, 3.8) is 0 Å². The van der Waals surface area contributed by atoms with Crippen LogP contribution >= 0.6 is 11.8 Å². The summed E-state index contributed by atoms with van der Waals surface area (Å²) in [6.07, 6.45) is 3.06. The minimum Gasteiger partial charge on any atom is -0.478 e. The minimum absolute atomic E-state index is 0.0217. The number of carbonyl (C=O) groups excluding carboxylic acids is 1. The van der Waals surface area contributed by atoms with Gasteiger partial charge >= 0.3 is 5.97 Å². The number of hydrogen-bond donors (Lipinski definition) is 2. The molecule has 0 atom stereocenters. The predicted octanol–water partition coefficient (Wildman–Crippen LogP) is 2.09. The number of aromatic carboxylic acids is 1. The molecule has 0 saturated heterocycles. The van der Waals surface area contributed by atoms with Gasteiger partial charge in [0, 0.05) is 11.9 Å². The highest BCUT2D eigenvalue weighted by Gasteiger charge is 2.22. The predicted molar refractivity (Wildman–Crippen MR) is 76.3 cm³/mol. The molecule has 0 saturated carbocycles. The lowest BCUT2D eigenvalue weighted by Crippen LogP contribution is -2.19. The maximum Gasteiger partial charge on any atom is 0.339 e. The van der Waals surface area contributed by atoms with E-state index in [1.165, 1.54) is 23.5 Å². The Hall–Kier alpha value is -2.28. The first-order valence-corrected chi connectivity index (χ1v) is 6.96. The van der Waals surface area contributed by atoms with E-state index < -0.39 is 11.9 Å². The molecule has 0 unspecified atom stereocenters. The molecule has 0 aliphatic carbocycles. The monoisotopic (exact) mass is 291 g/mol. The number of carboxylic acids is 1. The van der Waals surface area contributed by atoms with Gasteiger partial charge in [0.2, 0.25) is 0 Å². The highest BCUT2D eigenvalue weighted by atomic mass is 32.2. The average molecular weight is 291 g/mol. The third-order valence-corrected chi connectivity index (χ3v) is 3.54. The molecular formula is C13H13N3O3S. The Morgan fingerprint density at radius 1 is 1.35 bits per heavy atom. The van der Waals surface area contributed by atoms with Gasteiger partial charge in [-0.15, -0.1) is 11.8 Å². The fourth-order valence-corrected chi connectivity index (χ4v) is 2.35. The minimum atomic E-state index is -1.18. The van der Waals surface area contributed by atoms with E-state index in [-0.39, 0.29) is 11.3 Å². The van der Waals surface area contributed by atoms with Crippen molar-refractivity contribution in [1.82, 2.24) is 9.78 Å². The second-order valence-corrected chi connectivity index (χ2v) is 4.84. The van der Waals surface area contributed by atoms with Crippen LogP contribution in [0.25, 0.3) is 0 Å². The van der Waals surface area contributed by atoms with Crippen molar-refractivity contribution in [2.24, 2.45) is 7.05 Å². The van der Waals surface area contributed by atoms with Gasteiger partial charge < -0.3 is 10.4 Å². The first-order valence-electron chi connectivity index (χ1n) is 5.74. The highest BCUT2D eigenvalue weighted by molar-refractivity contribution is 7.98. The summed E-state index contributed by atoms with van der Waals surface area (Å²) < 4.78 is 1.25. The van der Waals surface area contributed by atoms with Gasteiger partial charge in [-0.2, -0.15) is 5.10 Å². The number of amides is 1. The molecule has 20 heavy (non-hydrogen) atoms. The number of hydrogen-bond acceptors (Lipinski definition) is 4. The Bertz CT molecular complexity index is 667. The van der Waals surface area contributed by atoms with Crippen LogP contribution in [0, 0.1) is 0 Å². The number of rotatable bonds is 4. The van der Waals surface area contributed by atoms with Gasteiger partial charge in [-0.25, -0.2) is 4.79 Å². The summed E-state index contributed by atoms with van der Waals surface area (Å²) in [6, 6.07) is 7.31. The number of aromatic nitrogens is 2. The number of thioether (sulfide) groups is 1. The molecule has 0 aliphatic heterocycles. The quantitative estimate of drug-likeness (QED) is 0.843. The maximum absolute atomic E-state index is 12.2. The van der Waals surface area contributed by atoms with Crippen LogP contribution in [0.1, 0.15) is 20.8 Å². The molecule has 7 heteroatoms. The third-order valence-electron chi connectivity index (χ3n) is 2.74. The topological polar surface area (TPSA) is 84.2 Å². The summed E-state index contributed by atoms with van der Waals surface area (Å²) in [5, 5.41) is 15.6. The van der Waals surface area contributed by atoms with E-state index in [0.29, 0.717) is 5.69 Å². The van der Waals surface area contributed by atoms with Crippen LogP contribution in [-0.2, 0) is 7.05 Å². The SMILES string of the molecule is CSc1ccccc1NC(=O)c1c(C(=O)O)cnn1C. The van der Waals surface area contributed by atoms with Crippen molar-refractivity contribution in [2.75, 3.05) is 11.6 Å². The van der Waals surface area contributed by atoms with Crippen LogP contribution in [0.5, 0.6) is 0 Å². The number of carboxylic acid groups (broad SMARTS) is 1. The Kier molecular flexibility index (Phi) is 4.09. The van der Waals surface area contributed by atoms with E-state index in [2.05, 4.69) is 10.4 Å². The summed E-state index contributed by atoms with van der Waals surface area (Å²) in [5.41, 5.74) is 0.544. The fourth-order valence-electron chi connectivity index (χ4n) is 1.79. The van der Waals surface area contributed by atoms with Crippen LogP contribution in [0.4, 0.5) is 5.69 Å². The zero-order valence-corrected chi connectivity index (χ0v) is 11.8. The summed E-state index contributed by atoms with van der Waals surface area (Å²) in [6.45, 7) is 0. The van der Waals surface area contributed by atoms with Crippen molar-refractivity contribution < 1.29 is 14.7 Å². The van der Waals surface area contributed by atoms with Crippen LogP contribution in [0.15, 0.2) is 35.4 Å². The number of anilines is 1. The first-order chi connectivity index (χ1) is 9.54. The molecule has 0 aliphatic rings. The second-order valence-electron chi connectivity index (χ2n) is 3.99. The zero-order chi connectivity index (χ0) is 14.7. The standard InChI is InChI=1S/C13H13N3O3S/c1-16-11(8(7-14-16)13(18)19)12(17)15-9-5-3-4-6-10(9)20-2/h3-7H,1-2H3,(H,15,17)(H,18,19). The Morgan fingerprint density at radius 2 is 2.05 bits per heavy atom. The molecule has 0 radical (unpaired) electrons. The lowest BCUT2D eigenvalue weighted by molar-refractivity contribution is 0.0692. The van der Waals surface area contributed by atoms with Gasteiger partial charge in [-0.05, 0) is 18.4 Å². The van der Waals surface area contributed by atoms with E-state index in [4.69, 9.17) is 5.11 Å². The average Bonchev–Trinajstić information content (AvgIpc) is 2.81. The van der Waals surface area contributed by atoms with E-state index in [1.54, 1.807) is 12.1 Å². The van der Waals surface area contributed by atoms with Crippen LogP contribution in [0.3, 0.4) is 0 Å². The summed E-state index contributed by atoms with van der Waals surface area (Å²) >= 11 is 1.50. The molecule has 2 aromatic rings. The normalized spacial score (nSPS) is 10.3. The van der Waals surface area contributed by atoms with Gasteiger partial charge in [-0.3, -0.25) is 9.48 Å². The van der Waals surface area contributed by atoms with Gasteiger partial charge in [-0.1, -0.05) is 12.1 Å². The zero-order valence-electron chi connectivity index (χ0n) is 11.0. The lowest BCUT2D eigenvalue weighted by atomic mass is 10.2. The number of para-hydroxylation sites is 1. The van der Waals surface area contributed by atoms with Crippen molar-refractivity contribution >= 4 is 29.3 Å². The molecule has 1 amide bonds. The molecule has 0 bridgehead atoms. The number of nitrogens with zero attached hydrogens (tertiary/aromatic N) is 2. The molecule has 1 aromatic heterocycles. The number of nitrogens with one attached hydrogen (secondary N) is 1. The molecule has 0 fully saturated rings. The molecule has 2 N–H and O–H groups in total. The van der Waals surface area contributed by atoms with Gasteiger partial charge in [0.05, 0.1) is 11.9 Å². The van der Waals surface area contributed by atoms with E-state index in [9.17, 15) is 9.59 Å². The Balaban J connectivity index is 2.33. The van der Waals surface area contributed by atoms with E-state index in [1.807, 2.05) is 18.4 Å². The largest absolute Gasteiger partial charge is 0.478 e. The summed E-state index contributed by atoms with van der Waals surface area (Å²) in [5.74, 6) is -1.68. The molecule has 1 heterocycles. The van der Waals surface area contributed by atoms with Gasteiger partial charge in [0.1, 0.15) is 11.3 Å². The second kappa shape index (κ2) is 5.79. The van der Waals surface area contributed by atoms with E-state index in [0.717, 1.165) is 11.1 Å². The Morgan fingerprint density at radius 3 is 2.70 bits per heavy atom. The number of aryl methyl sites for hydroxylation is 1. The summed E-state index contributed by atoms with van der Waals surface area (Å²) in [7, 11) is 1.53. The van der Waals surface area contributed by atoms with Crippen molar-refractivity contribution in [3.05, 3.63) is 41.7 Å². The van der Waals surface area contributed by atoms with Crippen molar-refractivity contribution in [1.29, 1.82) is 0 Å². The van der Waals surface area contributed by atoms with Gasteiger partial charge in [0.15, 0.2) is 0 Å². The first kappa shape index (κ1) is 14.1. The molecular weight excluding hydrogens is 278 g/mol. The smallest absolute Gasteiger partial charge is 0.339 e. The molecule has 2 rings (SSSR count). The number of carbonyl (C=O) groups is 2. The van der Waals surface area contributed by atoms with Crippen LogP contribution < -0.4 is 5.32 Å². The van der Waals surface area contributed by atoms with Crippen molar-refractivity contribution in [2.45, 2.75) is 4.90 Å². The van der Waals surface area contributed by atoms with E-state index >= 15 is 0 Å². The maximum atomic E-state index is 12.2. The van der Waals surface area contributed by atoms with Gasteiger partial charge in [0.25, 0.3) is 5.91 Å². The van der Waals surface area contributed by atoms with Crippen molar-refractivity contribution in [3.8, 4) is 0 Å². The third kappa shape index (κ3) is 2.67. The summed E-state index contributed by atoms with van der Waals surface area (Å²) in [4.78, 5) is 24.2. The van der Waals surface area contributed by atoms with Crippen LogP contribution in [0.2, 0.25) is 0 Å². The van der Waals surface area contributed by atoms with Crippen LogP contribution in [-0.4, -0.2) is 33.0 Å². The molecule has 104 valence electrons. The lowest BCUT2D eigenvalue weighted by Gasteiger charge is -2.09. The number of benzene rings is 1. The highest BCUT2D eigenvalue weighted by Crippen LogP contribution is 2.25. The molecule has 1 aromatic carbocycles. The molecule has 6 nitrogen and oxygen atoms in total. The fraction of sp³-hybridized carbons (Fsp3) is 0.154. The Labute approximate surface area is 119 Å². The molecule has 0 spiro atoms.